The van der Waals surface area contributed by atoms with Gasteiger partial charge in [-0.1, -0.05) is 66.7 Å². The molecule has 0 radical (unpaired) electrons. The van der Waals surface area contributed by atoms with E-state index in [-0.39, 0.29) is 0 Å². The van der Waals surface area contributed by atoms with Crippen LogP contribution in [0.4, 0.5) is 5.69 Å². The molecule has 0 aromatic heterocycles. The minimum atomic E-state index is 0.523. The van der Waals surface area contributed by atoms with Crippen LogP contribution in [0.25, 0.3) is 22.3 Å². The number of anilines is 1. The Hall–Kier alpha value is -2.58. The van der Waals surface area contributed by atoms with E-state index in [1.54, 1.807) is 0 Å². The monoisotopic (exact) mass is 274 g/mol. The second-order valence-electron chi connectivity index (χ2n) is 4.99. The van der Waals surface area contributed by atoms with Crippen molar-refractivity contribution >= 4 is 5.69 Å². The predicted octanol–water partition coefficient (Wildman–Crippen LogP) is 4.06. The zero-order valence-electron chi connectivity index (χ0n) is 11.8. The van der Waals surface area contributed by atoms with E-state index in [0.29, 0.717) is 6.54 Å². The lowest BCUT2D eigenvalue weighted by molar-refractivity contribution is 1.07. The van der Waals surface area contributed by atoms with Crippen molar-refractivity contribution in [2.75, 3.05) is 5.73 Å². The second kappa shape index (κ2) is 5.81. The van der Waals surface area contributed by atoms with Crippen molar-refractivity contribution in [1.29, 1.82) is 0 Å². The van der Waals surface area contributed by atoms with E-state index in [1.165, 1.54) is 5.56 Å². The van der Waals surface area contributed by atoms with Crippen LogP contribution >= 0.6 is 0 Å². The van der Waals surface area contributed by atoms with Crippen molar-refractivity contribution in [3.8, 4) is 22.3 Å². The molecule has 0 spiro atoms. The third-order valence-corrected chi connectivity index (χ3v) is 3.71. The minimum absolute atomic E-state index is 0.523. The molecule has 104 valence electrons. The third kappa shape index (κ3) is 2.54. The summed E-state index contributed by atoms with van der Waals surface area (Å²) >= 11 is 0. The van der Waals surface area contributed by atoms with Gasteiger partial charge in [0.05, 0.1) is 0 Å². The Labute approximate surface area is 125 Å². The Kier molecular flexibility index (Phi) is 3.71. The topological polar surface area (TPSA) is 52.0 Å². The number of para-hydroxylation sites is 1. The summed E-state index contributed by atoms with van der Waals surface area (Å²) in [5.74, 6) is 0. The van der Waals surface area contributed by atoms with Gasteiger partial charge in [-0.05, 0) is 28.3 Å². The first kappa shape index (κ1) is 13.4. The molecule has 0 amide bonds. The van der Waals surface area contributed by atoms with Crippen LogP contribution in [-0.2, 0) is 6.54 Å². The van der Waals surface area contributed by atoms with E-state index in [9.17, 15) is 0 Å². The highest BCUT2D eigenvalue weighted by Crippen LogP contribution is 2.36. The SMILES string of the molecule is NCc1ccccc1-c1ccccc1-c1ccccc1N. The summed E-state index contributed by atoms with van der Waals surface area (Å²) in [6.07, 6.45) is 0. The van der Waals surface area contributed by atoms with Crippen LogP contribution in [-0.4, -0.2) is 0 Å². The van der Waals surface area contributed by atoms with Crippen molar-refractivity contribution in [3.63, 3.8) is 0 Å². The molecule has 0 bridgehead atoms. The Morgan fingerprint density at radius 1 is 0.571 bits per heavy atom. The van der Waals surface area contributed by atoms with Crippen molar-refractivity contribution in [1.82, 2.24) is 0 Å². The number of rotatable bonds is 3. The van der Waals surface area contributed by atoms with Gasteiger partial charge in [0.25, 0.3) is 0 Å². The summed E-state index contributed by atoms with van der Waals surface area (Å²) in [5.41, 5.74) is 18.5. The zero-order chi connectivity index (χ0) is 14.7. The Morgan fingerprint density at radius 2 is 1.05 bits per heavy atom. The summed E-state index contributed by atoms with van der Waals surface area (Å²) in [5, 5.41) is 0. The van der Waals surface area contributed by atoms with Crippen LogP contribution in [0.3, 0.4) is 0 Å². The fourth-order valence-corrected chi connectivity index (χ4v) is 2.66. The van der Waals surface area contributed by atoms with Crippen LogP contribution in [0.5, 0.6) is 0 Å². The van der Waals surface area contributed by atoms with Crippen LogP contribution < -0.4 is 11.5 Å². The molecule has 3 aromatic rings. The van der Waals surface area contributed by atoms with Gasteiger partial charge < -0.3 is 11.5 Å². The average molecular weight is 274 g/mol. The van der Waals surface area contributed by atoms with Crippen LogP contribution in [0.1, 0.15) is 5.56 Å². The molecule has 2 heteroatoms. The molecular weight excluding hydrogens is 256 g/mol. The molecule has 0 fully saturated rings. The summed E-state index contributed by atoms with van der Waals surface area (Å²) < 4.78 is 0. The maximum Gasteiger partial charge on any atom is 0.0393 e. The fraction of sp³-hybridized carbons (Fsp3) is 0.0526. The quantitative estimate of drug-likeness (QED) is 0.708. The first-order valence-electron chi connectivity index (χ1n) is 7.03. The molecule has 0 saturated carbocycles. The molecule has 21 heavy (non-hydrogen) atoms. The highest BCUT2D eigenvalue weighted by molar-refractivity contribution is 5.89. The number of benzene rings is 3. The Balaban J connectivity index is 2.24. The summed E-state index contributed by atoms with van der Waals surface area (Å²) in [4.78, 5) is 0. The van der Waals surface area contributed by atoms with Gasteiger partial charge >= 0.3 is 0 Å². The van der Waals surface area contributed by atoms with E-state index >= 15 is 0 Å². The van der Waals surface area contributed by atoms with Gasteiger partial charge in [-0.15, -0.1) is 0 Å². The lowest BCUT2D eigenvalue weighted by atomic mass is 9.91. The van der Waals surface area contributed by atoms with E-state index in [2.05, 4.69) is 30.3 Å². The Morgan fingerprint density at radius 3 is 1.67 bits per heavy atom. The molecule has 3 rings (SSSR count). The van der Waals surface area contributed by atoms with Crippen molar-refractivity contribution in [2.45, 2.75) is 6.54 Å². The number of hydrogen-bond donors (Lipinski definition) is 2. The largest absolute Gasteiger partial charge is 0.398 e. The smallest absolute Gasteiger partial charge is 0.0393 e. The summed E-state index contributed by atoms with van der Waals surface area (Å²) in [6.45, 7) is 0.523. The van der Waals surface area contributed by atoms with Crippen LogP contribution in [0.2, 0.25) is 0 Å². The molecule has 0 heterocycles. The molecule has 0 aliphatic heterocycles. The maximum atomic E-state index is 6.15. The molecular formula is C19H18N2. The molecule has 0 atom stereocenters. The normalized spacial score (nSPS) is 10.5. The first-order valence-corrected chi connectivity index (χ1v) is 7.03. The van der Waals surface area contributed by atoms with Gasteiger partial charge in [0, 0.05) is 17.8 Å². The lowest BCUT2D eigenvalue weighted by Crippen LogP contribution is -1.99. The number of nitrogens with two attached hydrogens (primary N) is 2. The lowest BCUT2D eigenvalue weighted by Gasteiger charge is -2.14. The third-order valence-electron chi connectivity index (χ3n) is 3.71. The van der Waals surface area contributed by atoms with Gasteiger partial charge in [-0.25, -0.2) is 0 Å². The average Bonchev–Trinajstić information content (AvgIpc) is 2.55. The minimum Gasteiger partial charge on any atom is -0.398 e. The van der Waals surface area contributed by atoms with Gasteiger partial charge in [0.1, 0.15) is 0 Å². The molecule has 4 N–H and O–H groups in total. The molecule has 0 saturated heterocycles. The van der Waals surface area contributed by atoms with Crippen molar-refractivity contribution < 1.29 is 0 Å². The molecule has 0 unspecified atom stereocenters. The van der Waals surface area contributed by atoms with Crippen molar-refractivity contribution in [2.24, 2.45) is 5.73 Å². The summed E-state index contributed by atoms with van der Waals surface area (Å²) in [6, 6.07) is 24.5. The van der Waals surface area contributed by atoms with Crippen LogP contribution in [0.15, 0.2) is 72.8 Å². The second-order valence-corrected chi connectivity index (χ2v) is 4.99. The van der Waals surface area contributed by atoms with Crippen LogP contribution in [0, 0.1) is 0 Å². The van der Waals surface area contributed by atoms with Gasteiger partial charge in [0.2, 0.25) is 0 Å². The standard InChI is InChI=1S/C19H18N2/c20-13-14-7-1-2-8-15(14)16-9-3-4-10-17(16)18-11-5-6-12-19(18)21/h1-12H,13,20-21H2. The highest BCUT2D eigenvalue weighted by atomic mass is 14.6. The van der Waals surface area contributed by atoms with E-state index in [0.717, 1.165) is 27.9 Å². The molecule has 0 aliphatic carbocycles. The van der Waals surface area contributed by atoms with Gasteiger partial charge in [-0.3, -0.25) is 0 Å². The molecule has 0 aliphatic rings. The number of hydrogen-bond acceptors (Lipinski definition) is 2. The zero-order valence-corrected chi connectivity index (χ0v) is 11.8. The first-order chi connectivity index (χ1) is 10.3. The summed E-state index contributed by atoms with van der Waals surface area (Å²) in [7, 11) is 0. The number of nitrogen functional groups attached to an aromatic ring is 1. The predicted molar refractivity (Wildman–Crippen MR) is 89.6 cm³/mol. The van der Waals surface area contributed by atoms with E-state index in [4.69, 9.17) is 11.5 Å². The maximum absolute atomic E-state index is 6.15. The van der Waals surface area contributed by atoms with E-state index in [1.807, 2.05) is 42.5 Å². The van der Waals surface area contributed by atoms with Gasteiger partial charge in [-0.2, -0.15) is 0 Å². The fourth-order valence-electron chi connectivity index (χ4n) is 2.66. The molecule has 2 nitrogen and oxygen atoms in total. The highest BCUT2D eigenvalue weighted by Gasteiger charge is 2.11. The van der Waals surface area contributed by atoms with Crippen molar-refractivity contribution in [3.05, 3.63) is 78.4 Å². The Bertz CT molecular complexity index is 763. The van der Waals surface area contributed by atoms with E-state index < -0.39 is 0 Å². The molecule has 3 aromatic carbocycles. The van der Waals surface area contributed by atoms with Gasteiger partial charge in [0.15, 0.2) is 0 Å².